The van der Waals surface area contributed by atoms with Gasteiger partial charge in [0.2, 0.25) is 0 Å². The Morgan fingerprint density at radius 1 is 0.906 bits per heavy atom. The molecule has 4 fully saturated rings. The van der Waals surface area contributed by atoms with E-state index >= 15 is 0 Å². The average molecular weight is 465 g/mol. The molecule has 32 heavy (non-hydrogen) atoms. The van der Waals surface area contributed by atoms with Crippen molar-refractivity contribution >= 4 is 15.2 Å². The topological polar surface area (TPSA) is 46.5 Å². The first-order valence-corrected chi connectivity index (χ1v) is 14.1. The van der Waals surface area contributed by atoms with Gasteiger partial charge in [0, 0.05) is 12.0 Å². The number of fused-ring (bicyclic) bond motifs is 5. The molecule has 0 aliphatic heterocycles. The van der Waals surface area contributed by atoms with Gasteiger partial charge < -0.3 is 9.84 Å². The number of aliphatic hydroxyl groups excluding tert-OH is 1. The fourth-order valence-electron chi connectivity index (χ4n) is 10.1. The maximum absolute atomic E-state index is 12.1. The lowest BCUT2D eigenvalue weighted by Crippen LogP contribution is -2.66. The molecule has 184 valence electrons. The molecular formula is C28H49O3P. The predicted molar refractivity (Wildman–Crippen MR) is 134 cm³/mol. The molecule has 3 nitrogen and oxygen atoms in total. The minimum Gasteiger partial charge on any atom is -0.462 e. The molecule has 0 aromatic rings. The van der Waals surface area contributed by atoms with Gasteiger partial charge in [0.25, 0.3) is 0 Å². The Morgan fingerprint density at radius 2 is 1.59 bits per heavy atom. The van der Waals surface area contributed by atoms with Gasteiger partial charge in [0.15, 0.2) is 0 Å². The van der Waals surface area contributed by atoms with Gasteiger partial charge in [0.1, 0.15) is 6.10 Å². The van der Waals surface area contributed by atoms with Crippen molar-refractivity contribution in [1.82, 2.24) is 0 Å². The summed E-state index contributed by atoms with van der Waals surface area (Å²) in [5.74, 6) is 2.55. The van der Waals surface area contributed by atoms with Crippen LogP contribution in [-0.4, -0.2) is 29.9 Å². The van der Waals surface area contributed by atoms with Crippen LogP contribution in [-0.2, 0) is 9.53 Å². The Hall–Kier alpha value is -0.140. The normalized spacial score (nSPS) is 52.3. The molecule has 0 saturated heterocycles. The van der Waals surface area contributed by atoms with E-state index in [4.69, 9.17) is 4.74 Å². The number of hydrogen-bond donors (Lipinski definition) is 1. The van der Waals surface area contributed by atoms with E-state index in [1.807, 2.05) is 0 Å². The summed E-state index contributed by atoms with van der Waals surface area (Å²) < 4.78 is 5.98. The van der Waals surface area contributed by atoms with E-state index in [2.05, 4.69) is 57.7 Å². The lowest BCUT2D eigenvalue weighted by atomic mass is 9.32. The first kappa shape index (κ1) is 25.0. The molecule has 4 heteroatoms. The van der Waals surface area contributed by atoms with E-state index in [9.17, 15) is 9.90 Å². The zero-order chi connectivity index (χ0) is 23.7. The summed E-state index contributed by atoms with van der Waals surface area (Å²) in [7, 11) is 2.51. The maximum atomic E-state index is 12.1. The Labute approximate surface area is 199 Å². The largest absolute Gasteiger partial charge is 0.462 e. The highest BCUT2D eigenvalue weighted by molar-refractivity contribution is 7.18. The van der Waals surface area contributed by atoms with Gasteiger partial charge in [-0.2, -0.15) is 0 Å². The van der Waals surface area contributed by atoms with Gasteiger partial charge in [-0.15, -0.1) is 9.24 Å². The molecule has 0 radical (unpaired) electrons. The fourth-order valence-corrected chi connectivity index (χ4v) is 10.2. The Kier molecular flexibility index (Phi) is 6.20. The van der Waals surface area contributed by atoms with Crippen molar-refractivity contribution in [3.05, 3.63) is 0 Å². The molecule has 4 saturated carbocycles. The highest BCUT2D eigenvalue weighted by Gasteiger charge is 2.68. The van der Waals surface area contributed by atoms with Crippen LogP contribution in [0.1, 0.15) is 99.8 Å². The van der Waals surface area contributed by atoms with Crippen LogP contribution in [0.4, 0.5) is 0 Å². The Bertz CT molecular complexity index is 751. The zero-order valence-corrected chi connectivity index (χ0v) is 23.0. The third-order valence-corrected chi connectivity index (χ3v) is 12.9. The van der Waals surface area contributed by atoms with Gasteiger partial charge in [-0.25, -0.2) is 0 Å². The first-order chi connectivity index (χ1) is 14.8. The second-order valence-corrected chi connectivity index (χ2v) is 14.2. The van der Waals surface area contributed by atoms with Crippen molar-refractivity contribution in [2.75, 3.05) is 12.8 Å². The number of ether oxygens (including phenoxy) is 1. The van der Waals surface area contributed by atoms with Crippen LogP contribution in [0, 0.1) is 50.7 Å². The first-order valence-electron chi connectivity index (χ1n) is 13.3. The fraction of sp³-hybridized carbons (Fsp3) is 0.964. The lowest BCUT2D eigenvalue weighted by molar-refractivity contribution is -0.249. The third-order valence-electron chi connectivity index (χ3n) is 12.6. The molecule has 0 amide bonds. The van der Waals surface area contributed by atoms with E-state index < -0.39 is 0 Å². The maximum Gasteiger partial charge on any atom is 0.309 e. The van der Waals surface area contributed by atoms with Crippen LogP contribution < -0.4 is 0 Å². The monoisotopic (exact) mass is 464 g/mol. The number of carbonyl (C=O) groups is 1. The third kappa shape index (κ3) is 3.22. The molecular weight excluding hydrogens is 415 g/mol. The highest BCUT2D eigenvalue weighted by Crippen LogP contribution is 2.75. The van der Waals surface area contributed by atoms with Crippen LogP contribution >= 0.6 is 9.24 Å². The molecule has 0 aromatic heterocycles. The second-order valence-electron chi connectivity index (χ2n) is 13.8. The number of aliphatic hydroxyl groups is 1. The molecule has 0 bridgehead atoms. The molecule has 4 aliphatic carbocycles. The van der Waals surface area contributed by atoms with E-state index in [0.29, 0.717) is 46.8 Å². The predicted octanol–water partition coefficient (Wildman–Crippen LogP) is 6.48. The number of esters is 1. The number of carbonyl (C=O) groups excluding carboxylic acids is 1. The van der Waals surface area contributed by atoms with E-state index in [1.54, 1.807) is 0 Å². The van der Waals surface area contributed by atoms with Gasteiger partial charge in [0.05, 0.1) is 6.16 Å². The highest BCUT2D eigenvalue weighted by atomic mass is 31.0. The second kappa shape index (κ2) is 7.94. The molecule has 0 heterocycles. The summed E-state index contributed by atoms with van der Waals surface area (Å²) in [4.78, 5) is 12.1. The van der Waals surface area contributed by atoms with Crippen LogP contribution in [0.15, 0.2) is 0 Å². The average Bonchev–Trinajstić information content (AvgIpc) is 2.74. The molecule has 1 N–H and O–H groups in total. The van der Waals surface area contributed by atoms with Crippen LogP contribution in [0.5, 0.6) is 0 Å². The van der Waals surface area contributed by atoms with E-state index in [0.717, 1.165) is 18.8 Å². The van der Waals surface area contributed by atoms with Crippen molar-refractivity contribution in [3.8, 4) is 0 Å². The lowest BCUT2D eigenvalue weighted by Gasteiger charge is -2.72. The van der Waals surface area contributed by atoms with Crippen molar-refractivity contribution in [2.24, 2.45) is 50.7 Å². The van der Waals surface area contributed by atoms with Crippen molar-refractivity contribution < 1.29 is 14.6 Å². The summed E-state index contributed by atoms with van der Waals surface area (Å²) in [6.45, 7) is 17.7. The summed E-state index contributed by atoms with van der Waals surface area (Å²) >= 11 is 0. The Morgan fingerprint density at radius 3 is 2.22 bits per heavy atom. The quantitative estimate of drug-likeness (QED) is 0.384. The standard InChI is InChI=1S/C28H49O3P/c1-18-19-8-9-21-26(5)12-11-22(31-23(30)16-32)24(2,3)20(26)10-13-28(21,7)27(19,6)15-14-25(18,4)17-29/h18-22,29H,8-17,32H2,1-7H3/t18-,19-,20+,21-,22+,25-,26+,27-,28-/m1/s1. The van der Waals surface area contributed by atoms with Crippen LogP contribution in [0.2, 0.25) is 0 Å². The summed E-state index contributed by atoms with van der Waals surface area (Å²) in [6.07, 6.45) is 10.2. The molecule has 10 atom stereocenters. The smallest absolute Gasteiger partial charge is 0.309 e. The molecule has 1 unspecified atom stereocenters. The number of hydrogen-bond acceptors (Lipinski definition) is 3. The molecule has 4 rings (SSSR count). The zero-order valence-electron chi connectivity index (χ0n) is 21.8. The van der Waals surface area contributed by atoms with E-state index in [1.165, 1.54) is 38.5 Å². The molecule has 0 spiro atoms. The summed E-state index contributed by atoms with van der Waals surface area (Å²) in [5, 5.41) is 10.2. The van der Waals surface area contributed by atoms with Crippen LogP contribution in [0.3, 0.4) is 0 Å². The van der Waals surface area contributed by atoms with Gasteiger partial charge >= 0.3 is 5.97 Å². The minimum absolute atomic E-state index is 0.0247. The summed E-state index contributed by atoms with van der Waals surface area (Å²) in [6, 6.07) is 0. The minimum atomic E-state index is -0.0755. The molecule has 0 aromatic carbocycles. The van der Waals surface area contributed by atoms with Crippen molar-refractivity contribution in [1.29, 1.82) is 0 Å². The van der Waals surface area contributed by atoms with Gasteiger partial charge in [-0.05, 0) is 96.7 Å². The van der Waals surface area contributed by atoms with Crippen molar-refractivity contribution in [2.45, 2.75) is 106 Å². The number of rotatable bonds is 3. The Balaban J connectivity index is 1.66. The van der Waals surface area contributed by atoms with Crippen LogP contribution in [0.25, 0.3) is 0 Å². The summed E-state index contributed by atoms with van der Waals surface area (Å²) in [5.41, 5.74) is 1.12. The van der Waals surface area contributed by atoms with Crippen molar-refractivity contribution in [3.63, 3.8) is 0 Å². The van der Waals surface area contributed by atoms with Gasteiger partial charge in [-0.3, -0.25) is 4.79 Å². The molecule has 4 aliphatic rings. The SMILES string of the molecule is C[C@@H]1[C@H]2CC[C@@H]3[C@@]4(C)CC[C@H](OC(=O)CP)C(C)(C)[C@@H]4CC[C@@]3(C)[C@]2(C)CC[C@]1(C)CO. The van der Waals surface area contributed by atoms with E-state index in [-0.39, 0.29) is 22.9 Å². The van der Waals surface area contributed by atoms with Gasteiger partial charge in [-0.1, -0.05) is 48.5 Å².